The van der Waals surface area contributed by atoms with Gasteiger partial charge in [-0.25, -0.2) is 4.79 Å². The monoisotopic (exact) mass is 493 g/mol. The van der Waals surface area contributed by atoms with E-state index in [1.165, 1.54) is 5.56 Å². The van der Waals surface area contributed by atoms with E-state index in [0.717, 1.165) is 22.1 Å². The minimum Gasteiger partial charge on any atom is -0.326 e. The predicted molar refractivity (Wildman–Crippen MR) is 134 cm³/mol. The second-order valence-electron chi connectivity index (χ2n) is 7.54. The summed E-state index contributed by atoms with van der Waals surface area (Å²) in [6.07, 6.45) is 1.14. The number of hydrogen-bond donors (Lipinski definition) is 2. The number of rotatable bonds is 8. The topological polar surface area (TPSA) is 61.4 Å². The normalized spacial score (nSPS) is 11.5. The molecule has 5 nitrogen and oxygen atoms in total. The Morgan fingerprint density at radius 1 is 0.906 bits per heavy atom. The van der Waals surface area contributed by atoms with E-state index in [-0.39, 0.29) is 30.9 Å². The zero-order valence-electron chi connectivity index (χ0n) is 18.3. The van der Waals surface area contributed by atoms with Crippen LogP contribution in [-0.4, -0.2) is 23.4 Å². The van der Waals surface area contributed by atoms with Gasteiger partial charge < -0.3 is 15.5 Å². The van der Waals surface area contributed by atoms with Crippen molar-refractivity contribution in [1.82, 2.24) is 4.90 Å². The molecule has 0 radical (unpaired) electrons. The largest absolute Gasteiger partial charge is 0.326 e. The fourth-order valence-electron chi connectivity index (χ4n) is 3.40. The fourth-order valence-corrected chi connectivity index (χ4v) is 3.79. The Labute approximate surface area is 198 Å². The number of nitrogens with one attached hydrogen (secondary N) is 2. The zero-order chi connectivity index (χ0) is 22.9. The number of carbonyl (C=O) groups is 2. The Morgan fingerprint density at radius 3 is 2.22 bits per heavy atom. The van der Waals surface area contributed by atoms with Crippen LogP contribution in [0.15, 0.2) is 83.3 Å². The first-order chi connectivity index (χ1) is 15.5. The number of urea groups is 1. The molecule has 0 aliphatic heterocycles. The van der Waals surface area contributed by atoms with Crippen molar-refractivity contribution >= 4 is 39.2 Å². The van der Waals surface area contributed by atoms with Crippen LogP contribution in [0.4, 0.5) is 16.2 Å². The molecule has 3 rings (SSSR count). The van der Waals surface area contributed by atoms with Crippen LogP contribution in [0.2, 0.25) is 0 Å². The van der Waals surface area contributed by atoms with Gasteiger partial charge in [0.25, 0.3) is 0 Å². The number of nitrogens with zero attached hydrogens (tertiary/aromatic N) is 1. The lowest BCUT2D eigenvalue weighted by Gasteiger charge is -2.30. The van der Waals surface area contributed by atoms with Crippen LogP contribution in [0.1, 0.15) is 37.4 Å². The number of hydrogen-bond acceptors (Lipinski definition) is 2. The lowest BCUT2D eigenvalue weighted by atomic mass is 10.1. The van der Waals surface area contributed by atoms with Crippen molar-refractivity contribution in [3.63, 3.8) is 0 Å². The summed E-state index contributed by atoms with van der Waals surface area (Å²) in [7, 11) is 0. The molecular weight excluding hydrogens is 466 g/mol. The average Bonchev–Trinajstić information content (AvgIpc) is 2.81. The molecule has 32 heavy (non-hydrogen) atoms. The summed E-state index contributed by atoms with van der Waals surface area (Å²) in [5.41, 5.74) is 3.66. The minimum atomic E-state index is -0.256. The molecule has 0 aliphatic rings. The Morgan fingerprint density at radius 2 is 1.56 bits per heavy atom. The van der Waals surface area contributed by atoms with E-state index in [4.69, 9.17) is 0 Å². The van der Waals surface area contributed by atoms with Crippen LogP contribution in [0.5, 0.6) is 0 Å². The van der Waals surface area contributed by atoms with Crippen molar-refractivity contribution in [2.24, 2.45) is 0 Å². The van der Waals surface area contributed by atoms with Gasteiger partial charge in [-0.1, -0.05) is 61.5 Å². The molecular formula is C26H28BrN3O2. The third-order valence-corrected chi connectivity index (χ3v) is 6.04. The summed E-state index contributed by atoms with van der Waals surface area (Å²) in [5.74, 6) is -0.131. The minimum absolute atomic E-state index is 0.131. The van der Waals surface area contributed by atoms with Gasteiger partial charge in [-0.05, 0) is 64.7 Å². The van der Waals surface area contributed by atoms with E-state index in [9.17, 15) is 9.59 Å². The lowest BCUT2D eigenvalue weighted by Crippen LogP contribution is -2.39. The van der Waals surface area contributed by atoms with Gasteiger partial charge >= 0.3 is 6.03 Å². The molecule has 1 atom stereocenters. The maximum absolute atomic E-state index is 13.2. The Balaban J connectivity index is 1.70. The van der Waals surface area contributed by atoms with E-state index < -0.39 is 0 Å². The number of halogens is 1. The highest BCUT2D eigenvalue weighted by atomic mass is 79.9. The maximum atomic E-state index is 13.2. The molecule has 3 amide bonds. The molecule has 166 valence electrons. The highest BCUT2D eigenvalue weighted by Gasteiger charge is 2.23. The van der Waals surface area contributed by atoms with Crippen LogP contribution in [0.25, 0.3) is 0 Å². The van der Waals surface area contributed by atoms with Gasteiger partial charge in [0.05, 0.1) is 11.7 Å². The van der Waals surface area contributed by atoms with E-state index in [1.54, 1.807) is 4.90 Å². The second kappa shape index (κ2) is 11.5. The second-order valence-corrected chi connectivity index (χ2v) is 8.39. The first kappa shape index (κ1) is 23.5. The van der Waals surface area contributed by atoms with Crippen LogP contribution in [-0.2, 0) is 11.2 Å². The summed E-state index contributed by atoms with van der Waals surface area (Å²) in [4.78, 5) is 27.5. The smallest absolute Gasteiger partial charge is 0.322 e. The first-order valence-corrected chi connectivity index (χ1v) is 11.5. The van der Waals surface area contributed by atoms with Gasteiger partial charge in [-0.2, -0.15) is 0 Å². The van der Waals surface area contributed by atoms with Crippen molar-refractivity contribution in [3.05, 3.63) is 94.5 Å². The van der Waals surface area contributed by atoms with Crippen molar-refractivity contribution < 1.29 is 9.59 Å². The first-order valence-electron chi connectivity index (χ1n) is 10.7. The summed E-state index contributed by atoms with van der Waals surface area (Å²) >= 11 is 3.47. The van der Waals surface area contributed by atoms with Gasteiger partial charge in [0.2, 0.25) is 5.91 Å². The number of carbonyl (C=O) groups excluding carboxylic acids is 2. The van der Waals surface area contributed by atoms with Gasteiger partial charge in [0, 0.05) is 23.1 Å². The quantitative estimate of drug-likeness (QED) is 0.369. The highest BCUT2D eigenvalue weighted by Crippen LogP contribution is 2.25. The standard InChI is InChI=1S/C26H28BrN3O2/c1-3-20-13-15-22(16-14-20)28-25(31)17-18-30(19(2)21-9-5-4-6-10-21)26(32)29-24-12-8-7-11-23(24)27/h4-16,19H,3,17-18H2,1-2H3,(H,28,31)(H,29,32). The molecule has 2 N–H and O–H groups in total. The van der Waals surface area contributed by atoms with Crippen molar-refractivity contribution in [2.45, 2.75) is 32.7 Å². The Kier molecular flexibility index (Phi) is 8.45. The number of anilines is 2. The molecule has 0 saturated carbocycles. The highest BCUT2D eigenvalue weighted by molar-refractivity contribution is 9.10. The van der Waals surface area contributed by atoms with Crippen LogP contribution < -0.4 is 10.6 Å². The SMILES string of the molecule is CCc1ccc(NC(=O)CCN(C(=O)Nc2ccccc2Br)C(C)c2ccccc2)cc1. The van der Waals surface area contributed by atoms with E-state index in [1.807, 2.05) is 85.8 Å². The summed E-state index contributed by atoms with van der Waals surface area (Å²) in [6, 6.07) is 24.6. The van der Waals surface area contributed by atoms with E-state index in [2.05, 4.69) is 33.5 Å². The number of aryl methyl sites for hydroxylation is 1. The lowest BCUT2D eigenvalue weighted by molar-refractivity contribution is -0.116. The molecule has 0 bridgehead atoms. The van der Waals surface area contributed by atoms with Crippen LogP contribution >= 0.6 is 15.9 Å². The van der Waals surface area contributed by atoms with Gasteiger partial charge in [-0.3, -0.25) is 4.79 Å². The molecule has 1 unspecified atom stereocenters. The summed E-state index contributed by atoms with van der Waals surface area (Å²) in [5, 5.41) is 5.88. The van der Waals surface area contributed by atoms with Gasteiger partial charge in [0.15, 0.2) is 0 Å². The number of para-hydroxylation sites is 1. The molecule has 0 fully saturated rings. The molecule has 0 aromatic heterocycles. The third-order valence-electron chi connectivity index (χ3n) is 5.35. The molecule has 3 aromatic carbocycles. The molecule has 3 aromatic rings. The van der Waals surface area contributed by atoms with Crippen molar-refractivity contribution in [1.29, 1.82) is 0 Å². The molecule has 0 saturated heterocycles. The average molecular weight is 494 g/mol. The summed E-state index contributed by atoms with van der Waals surface area (Å²) in [6.45, 7) is 4.34. The van der Waals surface area contributed by atoms with Gasteiger partial charge in [0.1, 0.15) is 0 Å². The van der Waals surface area contributed by atoms with Crippen LogP contribution in [0, 0.1) is 0 Å². The molecule has 6 heteroatoms. The van der Waals surface area contributed by atoms with Crippen LogP contribution in [0.3, 0.4) is 0 Å². The Hall–Kier alpha value is -3.12. The maximum Gasteiger partial charge on any atom is 0.322 e. The fraction of sp³-hybridized carbons (Fsp3) is 0.231. The molecule has 0 heterocycles. The van der Waals surface area contributed by atoms with Crippen molar-refractivity contribution in [3.8, 4) is 0 Å². The molecule has 0 spiro atoms. The number of amides is 3. The van der Waals surface area contributed by atoms with Crippen molar-refractivity contribution in [2.75, 3.05) is 17.2 Å². The Bertz CT molecular complexity index is 1040. The van der Waals surface area contributed by atoms with E-state index in [0.29, 0.717) is 5.69 Å². The third kappa shape index (κ3) is 6.44. The predicted octanol–water partition coefficient (Wildman–Crippen LogP) is 6.64. The van der Waals surface area contributed by atoms with Gasteiger partial charge in [-0.15, -0.1) is 0 Å². The zero-order valence-corrected chi connectivity index (χ0v) is 19.9. The molecule has 0 aliphatic carbocycles. The number of benzene rings is 3. The van der Waals surface area contributed by atoms with E-state index >= 15 is 0 Å². The summed E-state index contributed by atoms with van der Waals surface area (Å²) < 4.78 is 0.800.